The summed E-state index contributed by atoms with van der Waals surface area (Å²) in [5.74, 6) is 0. The van der Waals surface area contributed by atoms with E-state index < -0.39 is 0 Å². The molecule has 0 bridgehead atoms. The number of rotatable bonds is 2. The van der Waals surface area contributed by atoms with Gasteiger partial charge in [0.15, 0.2) is 5.13 Å². The van der Waals surface area contributed by atoms with E-state index in [4.69, 9.17) is 11.6 Å². The summed E-state index contributed by atoms with van der Waals surface area (Å²) in [5.41, 5.74) is 1.45. The highest BCUT2D eigenvalue weighted by Gasteiger charge is 2.10. The van der Waals surface area contributed by atoms with E-state index in [-0.39, 0.29) is 6.03 Å². The summed E-state index contributed by atoms with van der Waals surface area (Å²) >= 11 is 7.50. The van der Waals surface area contributed by atoms with Gasteiger partial charge in [-0.05, 0) is 23.6 Å². The van der Waals surface area contributed by atoms with Gasteiger partial charge in [0.25, 0.3) is 0 Å². The van der Waals surface area contributed by atoms with Gasteiger partial charge in [-0.15, -0.1) is 0 Å². The summed E-state index contributed by atoms with van der Waals surface area (Å²) in [5, 5.41) is 8.79. The van der Waals surface area contributed by atoms with Crippen molar-refractivity contribution >= 4 is 60.8 Å². The molecule has 2 amide bonds. The molecule has 0 atom stereocenters. The first kappa shape index (κ1) is 14.9. The van der Waals surface area contributed by atoms with Crippen LogP contribution in [0.15, 0.2) is 60.7 Å². The number of para-hydroxylation sites is 1. The molecular weight excluding hydrogens is 342 g/mol. The normalized spacial score (nSPS) is 10.9. The number of carbonyl (C=O) groups excluding carboxylic acids is 1. The molecule has 1 heterocycles. The predicted octanol–water partition coefficient (Wildman–Crippen LogP) is 5.75. The Hall–Kier alpha value is -2.63. The standard InChI is InChI=1S/C18H12ClN3OS/c19-13-8-4-10-15-16(13)21-18(24-15)22-17(23)20-14-9-3-6-11-5-1-2-7-12(11)14/h1-10H,(H2,20,21,22,23). The van der Waals surface area contributed by atoms with Gasteiger partial charge in [0.2, 0.25) is 0 Å². The van der Waals surface area contributed by atoms with E-state index in [0.717, 1.165) is 21.2 Å². The highest BCUT2D eigenvalue weighted by molar-refractivity contribution is 7.22. The molecule has 3 aromatic carbocycles. The molecule has 0 radical (unpaired) electrons. The van der Waals surface area contributed by atoms with E-state index in [1.807, 2.05) is 54.6 Å². The second kappa shape index (κ2) is 6.11. The molecule has 0 aliphatic rings. The minimum Gasteiger partial charge on any atom is -0.307 e. The van der Waals surface area contributed by atoms with Crippen molar-refractivity contribution in [2.45, 2.75) is 0 Å². The molecule has 0 unspecified atom stereocenters. The van der Waals surface area contributed by atoms with Crippen LogP contribution < -0.4 is 10.6 Å². The molecule has 4 aromatic rings. The van der Waals surface area contributed by atoms with Crippen LogP contribution in [0, 0.1) is 0 Å². The Labute approximate surface area is 147 Å². The highest BCUT2D eigenvalue weighted by Crippen LogP contribution is 2.31. The molecule has 0 saturated heterocycles. The molecule has 118 valence electrons. The molecule has 24 heavy (non-hydrogen) atoms. The van der Waals surface area contributed by atoms with Crippen LogP contribution >= 0.6 is 22.9 Å². The average Bonchev–Trinajstić information content (AvgIpc) is 2.99. The van der Waals surface area contributed by atoms with Crippen molar-refractivity contribution in [3.05, 3.63) is 65.7 Å². The minimum absolute atomic E-state index is 0.332. The molecule has 6 heteroatoms. The lowest BCUT2D eigenvalue weighted by Crippen LogP contribution is -2.19. The number of hydrogen-bond donors (Lipinski definition) is 2. The third-order valence-electron chi connectivity index (χ3n) is 3.63. The van der Waals surface area contributed by atoms with Crippen molar-refractivity contribution in [2.24, 2.45) is 0 Å². The Morgan fingerprint density at radius 2 is 1.75 bits per heavy atom. The Morgan fingerprint density at radius 1 is 0.958 bits per heavy atom. The van der Waals surface area contributed by atoms with Gasteiger partial charge < -0.3 is 5.32 Å². The molecule has 0 aliphatic heterocycles. The SMILES string of the molecule is O=C(Nc1nc2c(Cl)cccc2s1)Nc1cccc2ccccc12. The predicted molar refractivity (Wildman–Crippen MR) is 101 cm³/mol. The Morgan fingerprint density at radius 3 is 2.62 bits per heavy atom. The summed E-state index contributed by atoms with van der Waals surface area (Å²) in [6.07, 6.45) is 0. The molecular formula is C18H12ClN3OS. The molecule has 4 rings (SSSR count). The van der Waals surface area contributed by atoms with E-state index in [1.165, 1.54) is 11.3 Å². The zero-order chi connectivity index (χ0) is 16.5. The number of halogens is 1. The largest absolute Gasteiger partial charge is 0.325 e. The minimum atomic E-state index is -0.332. The molecule has 4 nitrogen and oxygen atoms in total. The fourth-order valence-electron chi connectivity index (χ4n) is 2.55. The van der Waals surface area contributed by atoms with Gasteiger partial charge in [-0.3, -0.25) is 5.32 Å². The van der Waals surface area contributed by atoms with Crippen molar-refractivity contribution in [3.63, 3.8) is 0 Å². The maximum Gasteiger partial charge on any atom is 0.325 e. The number of urea groups is 1. The highest BCUT2D eigenvalue weighted by atomic mass is 35.5. The average molecular weight is 354 g/mol. The van der Waals surface area contributed by atoms with Crippen LogP contribution in [0.4, 0.5) is 15.6 Å². The molecule has 2 N–H and O–H groups in total. The number of anilines is 2. The number of amides is 2. The van der Waals surface area contributed by atoms with Gasteiger partial charge in [-0.2, -0.15) is 0 Å². The quantitative estimate of drug-likeness (QED) is 0.482. The van der Waals surface area contributed by atoms with Crippen LogP contribution in [0.5, 0.6) is 0 Å². The first-order valence-corrected chi connectivity index (χ1v) is 8.51. The summed E-state index contributed by atoms with van der Waals surface area (Å²) in [7, 11) is 0. The molecule has 0 aliphatic carbocycles. The molecule has 0 saturated carbocycles. The molecule has 0 spiro atoms. The lowest BCUT2D eigenvalue weighted by molar-refractivity contribution is 0.262. The van der Waals surface area contributed by atoms with Crippen LogP contribution in [0.3, 0.4) is 0 Å². The third kappa shape index (κ3) is 2.79. The Bertz CT molecular complexity index is 1060. The van der Waals surface area contributed by atoms with Crippen molar-refractivity contribution in [1.29, 1.82) is 0 Å². The number of thiazole rings is 1. The lowest BCUT2D eigenvalue weighted by Gasteiger charge is -2.08. The van der Waals surface area contributed by atoms with E-state index in [0.29, 0.717) is 15.7 Å². The first-order chi connectivity index (χ1) is 11.7. The zero-order valence-corrected chi connectivity index (χ0v) is 14.0. The van der Waals surface area contributed by atoms with E-state index in [2.05, 4.69) is 15.6 Å². The topological polar surface area (TPSA) is 54.0 Å². The Balaban J connectivity index is 1.58. The van der Waals surface area contributed by atoms with Crippen LogP contribution in [0.1, 0.15) is 0 Å². The van der Waals surface area contributed by atoms with Gasteiger partial charge >= 0.3 is 6.03 Å². The fourth-order valence-corrected chi connectivity index (χ4v) is 3.71. The number of fused-ring (bicyclic) bond motifs is 2. The van der Waals surface area contributed by atoms with Crippen LogP contribution in [0.2, 0.25) is 5.02 Å². The zero-order valence-electron chi connectivity index (χ0n) is 12.4. The van der Waals surface area contributed by atoms with Crippen molar-refractivity contribution in [3.8, 4) is 0 Å². The van der Waals surface area contributed by atoms with Crippen molar-refractivity contribution < 1.29 is 4.79 Å². The van der Waals surface area contributed by atoms with E-state index >= 15 is 0 Å². The van der Waals surface area contributed by atoms with Gasteiger partial charge in [-0.25, -0.2) is 9.78 Å². The maximum absolute atomic E-state index is 12.3. The van der Waals surface area contributed by atoms with Crippen molar-refractivity contribution in [1.82, 2.24) is 4.98 Å². The summed E-state index contributed by atoms with van der Waals surface area (Å²) in [4.78, 5) is 16.7. The van der Waals surface area contributed by atoms with Crippen LogP contribution in [0.25, 0.3) is 21.0 Å². The maximum atomic E-state index is 12.3. The Kier molecular flexibility index (Phi) is 3.80. The number of nitrogens with zero attached hydrogens (tertiary/aromatic N) is 1. The summed E-state index contributed by atoms with van der Waals surface area (Å²) < 4.78 is 0.933. The van der Waals surface area contributed by atoms with Crippen LogP contribution in [-0.4, -0.2) is 11.0 Å². The van der Waals surface area contributed by atoms with E-state index in [9.17, 15) is 4.79 Å². The number of aromatic nitrogens is 1. The summed E-state index contributed by atoms with van der Waals surface area (Å²) in [6, 6.07) is 18.9. The first-order valence-electron chi connectivity index (χ1n) is 7.31. The van der Waals surface area contributed by atoms with Crippen LogP contribution in [-0.2, 0) is 0 Å². The third-order valence-corrected chi connectivity index (χ3v) is 4.87. The fraction of sp³-hybridized carbons (Fsp3) is 0. The van der Waals surface area contributed by atoms with Gasteiger partial charge in [0.05, 0.1) is 15.4 Å². The number of benzene rings is 3. The number of nitrogens with one attached hydrogen (secondary N) is 2. The number of hydrogen-bond acceptors (Lipinski definition) is 3. The van der Waals surface area contributed by atoms with Crippen molar-refractivity contribution in [2.75, 3.05) is 10.6 Å². The van der Waals surface area contributed by atoms with Gasteiger partial charge in [0.1, 0.15) is 5.52 Å². The monoisotopic (exact) mass is 353 g/mol. The smallest absolute Gasteiger partial charge is 0.307 e. The second-order valence-corrected chi connectivity index (χ2v) is 6.65. The second-order valence-electron chi connectivity index (χ2n) is 5.21. The molecule has 0 fully saturated rings. The number of carbonyl (C=O) groups is 1. The van der Waals surface area contributed by atoms with E-state index in [1.54, 1.807) is 6.07 Å². The summed E-state index contributed by atoms with van der Waals surface area (Å²) in [6.45, 7) is 0. The lowest BCUT2D eigenvalue weighted by atomic mass is 10.1. The molecule has 1 aromatic heterocycles. The van der Waals surface area contributed by atoms with Gasteiger partial charge in [-0.1, -0.05) is 65.4 Å². The van der Waals surface area contributed by atoms with Gasteiger partial charge in [0, 0.05) is 5.39 Å².